The third kappa shape index (κ3) is 5.94. The summed E-state index contributed by atoms with van der Waals surface area (Å²) in [7, 11) is 1.65. The molecule has 1 aliphatic carbocycles. The van der Waals surface area contributed by atoms with E-state index in [1.165, 1.54) is 32.0 Å². The highest BCUT2D eigenvalue weighted by atomic mass is 16.5. The molecule has 1 amide bonds. The Bertz CT molecular complexity index is 742. The normalized spacial score (nSPS) is 15.0. The number of hydrogen-bond donors (Lipinski definition) is 2. The van der Waals surface area contributed by atoms with E-state index in [1.807, 2.05) is 24.3 Å². The molecule has 0 spiro atoms. The van der Waals surface area contributed by atoms with Gasteiger partial charge >= 0.3 is 0 Å². The molecule has 1 heterocycles. The molecular weight excluding hydrogens is 340 g/mol. The number of nitrogens with zero attached hydrogens (tertiary/aromatic N) is 2. The van der Waals surface area contributed by atoms with Crippen LogP contribution in [0.2, 0.25) is 0 Å². The van der Waals surface area contributed by atoms with Crippen LogP contribution in [-0.4, -0.2) is 35.6 Å². The van der Waals surface area contributed by atoms with Gasteiger partial charge in [0, 0.05) is 18.7 Å². The summed E-state index contributed by atoms with van der Waals surface area (Å²) in [6, 6.07) is 10.0. The summed E-state index contributed by atoms with van der Waals surface area (Å²) in [5.41, 5.74) is 1.51. The Balaban J connectivity index is 1.51. The highest BCUT2D eigenvalue weighted by molar-refractivity contribution is 5.92. The number of carbonyl (C=O) groups excluding carboxylic acids is 1. The number of hydrogen-bond acceptors (Lipinski definition) is 5. The lowest BCUT2D eigenvalue weighted by Crippen LogP contribution is -2.27. The quantitative estimate of drug-likeness (QED) is 0.731. The summed E-state index contributed by atoms with van der Waals surface area (Å²) in [6.07, 6.45) is 9.63. The van der Waals surface area contributed by atoms with Crippen LogP contribution < -0.4 is 15.4 Å². The molecule has 144 valence electrons. The molecule has 6 nitrogen and oxygen atoms in total. The maximum atomic E-state index is 12.4. The topological polar surface area (TPSA) is 76.1 Å². The lowest BCUT2D eigenvalue weighted by molar-refractivity contribution is 0.0949. The molecule has 1 aromatic heterocycles. The van der Waals surface area contributed by atoms with E-state index in [0.29, 0.717) is 18.3 Å². The first-order valence-corrected chi connectivity index (χ1v) is 9.74. The fraction of sp³-hybridized carbons (Fsp3) is 0.476. The number of nitrogens with one attached hydrogen (secondary N) is 2. The summed E-state index contributed by atoms with van der Waals surface area (Å²) in [4.78, 5) is 20.8. The smallest absolute Gasteiger partial charge is 0.270 e. The van der Waals surface area contributed by atoms with Crippen LogP contribution in [0.5, 0.6) is 5.75 Å². The molecule has 6 heteroatoms. The third-order valence-corrected chi connectivity index (χ3v) is 4.94. The van der Waals surface area contributed by atoms with Crippen molar-refractivity contribution in [3.63, 3.8) is 0 Å². The van der Waals surface area contributed by atoms with E-state index in [0.717, 1.165) is 36.4 Å². The van der Waals surface area contributed by atoms with Gasteiger partial charge in [-0.3, -0.25) is 4.79 Å². The van der Waals surface area contributed by atoms with Gasteiger partial charge in [-0.25, -0.2) is 9.97 Å². The van der Waals surface area contributed by atoms with Crippen molar-refractivity contribution >= 4 is 11.7 Å². The van der Waals surface area contributed by atoms with Crippen molar-refractivity contribution in [2.75, 3.05) is 19.0 Å². The highest BCUT2D eigenvalue weighted by Crippen LogP contribution is 2.20. The van der Waals surface area contributed by atoms with Crippen molar-refractivity contribution in [1.82, 2.24) is 15.3 Å². The van der Waals surface area contributed by atoms with E-state index in [1.54, 1.807) is 13.2 Å². The molecule has 0 bridgehead atoms. The van der Waals surface area contributed by atoms with Gasteiger partial charge in [-0.05, 0) is 37.0 Å². The van der Waals surface area contributed by atoms with Gasteiger partial charge in [-0.1, -0.05) is 37.8 Å². The maximum absolute atomic E-state index is 12.4. The molecule has 2 aromatic rings. The largest absolute Gasteiger partial charge is 0.497 e. The van der Waals surface area contributed by atoms with Crippen LogP contribution in [0.15, 0.2) is 36.7 Å². The zero-order valence-corrected chi connectivity index (χ0v) is 15.9. The van der Waals surface area contributed by atoms with Crippen LogP contribution in [0, 0.1) is 0 Å². The Kier molecular flexibility index (Phi) is 7.02. The molecule has 1 saturated carbocycles. The molecular formula is C21H28N4O2. The summed E-state index contributed by atoms with van der Waals surface area (Å²) in [5.74, 6) is 1.38. The van der Waals surface area contributed by atoms with Gasteiger partial charge in [-0.15, -0.1) is 0 Å². The van der Waals surface area contributed by atoms with Crippen LogP contribution in [0.3, 0.4) is 0 Å². The van der Waals surface area contributed by atoms with Crippen molar-refractivity contribution in [2.24, 2.45) is 0 Å². The monoisotopic (exact) mass is 368 g/mol. The number of rotatable bonds is 7. The van der Waals surface area contributed by atoms with Crippen LogP contribution >= 0.6 is 0 Å². The molecule has 0 saturated heterocycles. The molecule has 0 radical (unpaired) electrons. The summed E-state index contributed by atoms with van der Waals surface area (Å²) in [5, 5.41) is 6.39. The van der Waals surface area contributed by atoms with E-state index >= 15 is 0 Å². The number of methoxy groups -OCH3 is 1. The van der Waals surface area contributed by atoms with E-state index in [2.05, 4.69) is 20.6 Å². The average Bonchev–Trinajstić information content (AvgIpc) is 2.97. The second-order valence-corrected chi connectivity index (χ2v) is 6.98. The Morgan fingerprint density at radius 1 is 1.15 bits per heavy atom. The van der Waals surface area contributed by atoms with Crippen LogP contribution in [-0.2, 0) is 6.42 Å². The Hall–Kier alpha value is -2.63. The predicted molar refractivity (Wildman–Crippen MR) is 106 cm³/mol. The van der Waals surface area contributed by atoms with Crippen molar-refractivity contribution in [1.29, 1.82) is 0 Å². The van der Waals surface area contributed by atoms with Gasteiger partial charge < -0.3 is 15.4 Å². The number of amides is 1. The van der Waals surface area contributed by atoms with E-state index < -0.39 is 0 Å². The van der Waals surface area contributed by atoms with Crippen molar-refractivity contribution in [2.45, 2.75) is 51.0 Å². The molecule has 0 aliphatic heterocycles. The van der Waals surface area contributed by atoms with Gasteiger partial charge in [0.1, 0.15) is 23.6 Å². The SMILES string of the molecule is COc1cccc(CCNC(=O)c2cc(NC3CCCCCC3)ncn2)c1. The predicted octanol–water partition coefficient (Wildman–Crippen LogP) is 3.59. The molecule has 1 aliphatic rings. The van der Waals surface area contributed by atoms with Crippen molar-refractivity contribution in [3.8, 4) is 5.75 Å². The van der Waals surface area contributed by atoms with Gasteiger partial charge in [0.2, 0.25) is 0 Å². The first kappa shape index (κ1) is 19.1. The Morgan fingerprint density at radius 2 is 1.96 bits per heavy atom. The summed E-state index contributed by atoms with van der Waals surface area (Å²) in [6.45, 7) is 0.543. The van der Waals surface area contributed by atoms with Gasteiger partial charge in [0.15, 0.2) is 0 Å². The van der Waals surface area contributed by atoms with E-state index in [9.17, 15) is 4.79 Å². The fourth-order valence-electron chi connectivity index (χ4n) is 3.43. The molecule has 0 atom stereocenters. The minimum Gasteiger partial charge on any atom is -0.497 e. The average molecular weight is 368 g/mol. The lowest BCUT2D eigenvalue weighted by Gasteiger charge is -2.17. The standard InChI is InChI=1S/C21H28N4O2/c1-27-18-10-6-7-16(13-18)11-12-22-21(26)19-14-20(24-15-23-19)25-17-8-4-2-3-5-9-17/h6-7,10,13-15,17H,2-5,8-9,11-12H2,1H3,(H,22,26)(H,23,24,25). The van der Waals surface area contributed by atoms with Gasteiger partial charge in [0.25, 0.3) is 5.91 Å². The molecule has 1 aromatic carbocycles. The highest BCUT2D eigenvalue weighted by Gasteiger charge is 2.14. The number of carbonyl (C=O) groups is 1. The second kappa shape index (κ2) is 9.90. The zero-order valence-electron chi connectivity index (χ0n) is 15.9. The summed E-state index contributed by atoms with van der Waals surface area (Å²) < 4.78 is 5.22. The van der Waals surface area contributed by atoms with Crippen LogP contribution in [0.4, 0.5) is 5.82 Å². The first-order chi connectivity index (χ1) is 13.2. The number of benzene rings is 1. The molecule has 3 rings (SSSR count). The zero-order chi connectivity index (χ0) is 18.9. The Labute approximate surface area is 160 Å². The van der Waals surface area contributed by atoms with Crippen LogP contribution in [0.1, 0.15) is 54.6 Å². The lowest BCUT2D eigenvalue weighted by atomic mass is 10.1. The number of ether oxygens (including phenoxy) is 1. The minimum atomic E-state index is -0.177. The molecule has 1 fully saturated rings. The molecule has 0 unspecified atom stereocenters. The first-order valence-electron chi connectivity index (χ1n) is 9.74. The van der Waals surface area contributed by atoms with Gasteiger partial charge in [-0.2, -0.15) is 0 Å². The number of aromatic nitrogens is 2. The van der Waals surface area contributed by atoms with Crippen molar-refractivity contribution < 1.29 is 9.53 Å². The fourth-order valence-corrected chi connectivity index (χ4v) is 3.43. The molecule has 2 N–H and O–H groups in total. The second-order valence-electron chi connectivity index (χ2n) is 6.98. The summed E-state index contributed by atoms with van der Waals surface area (Å²) >= 11 is 0. The molecule has 27 heavy (non-hydrogen) atoms. The Morgan fingerprint density at radius 3 is 2.74 bits per heavy atom. The van der Waals surface area contributed by atoms with Gasteiger partial charge in [0.05, 0.1) is 7.11 Å². The van der Waals surface area contributed by atoms with E-state index in [-0.39, 0.29) is 5.91 Å². The minimum absolute atomic E-state index is 0.177. The van der Waals surface area contributed by atoms with Crippen LogP contribution in [0.25, 0.3) is 0 Å². The van der Waals surface area contributed by atoms with Crippen molar-refractivity contribution in [3.05, 3.63) is 47.9 Å². The maximum Gasteiger partial charge on any atom is 0.270 e. The number of anilines is 1. The van der Waals surface area contributed by atoms with E-state index in [4.69, 9.17) is 4.74 Å². The third-order valence-electron chi connectivity index (χ3n) is 4.94.